The van der Waals surface area contributed by atoms with Crippen molar-refractivity contribution >= 4 is 16.9 Å². The number of aromatic nitrogens is 1. The van der Waals surface area contributed by atoms with Crippen LogP contribution in [0.4, 0.5) is 0 Å². The van der Waals surface area contributed by atoms with Gasteiger partial charge < -0.3 is 14.0 Å². The van der Waals surface area contributed by atoms with Crippen LogP contribution in [0.25, 0.3) is 10.9 Å². The second kappa shape index (κ2) is 6.57. The Morgan fingerprint density at radius 3 is 2.61 bits per heavy atom. The number of fused-ring (bicyclic) bond motifs is 1. The largest absolute Gasteiger partial charge is 0.488 e. The molecule has 0 fully saturated rings. The van der Waals surface area contributed by atoms with Crippen molar-refractivity contribution < 1.29 is 14.3 Å². The van der Waals surface area contributed by atoms with E-state index in [1.807, 2.05) is 72.3 Å². The molecule has 0 amide bonds. The van der Waals surface area contributed by atoms with Gasteiger partial charge >= 0.3 is 5.97 Å². The average molecular weight is 309 g/mol. The van der Waals surface area contributed by atoms with Crippen molar-refractivity contribution in [2.45, 2.75) is 19.6 Å². The fourth-order valence-electron chi connectivity index (χ4n) is 2.64. The van der Waals surface area contributed by atoms with Crippen molar-refractivity contribution in [3.63, 3.8) is 0 Å². The fraction of sp³-hybridized carbons (Fsp3) is 0.211. The minimum absolute atomic E-state index is 0.266. The maximum absolute atomic E-state index is 11.8. The molecule has 0 aliphatic heterocycles. The predicted octanol–water partition coefficient (Wildman–Crippen LogP) is 3.95. The third kappa shape index (κ3) is 3.06. The van der Waals surface area contributed by atoms with E-state index in [1.54, 1.807) is 0 Å². The summed E-state index contributed by atoms with van der Waals surface area (Å²) in [7, 11) is 1.40. The summed E-state index contributed by atoms with van der Waals surface area (Å²) in [4.78, 5) is 11.8. The molecular formula is C19H19NO3. The zero-order valence-electron chi connectivity index (χ0n) is 13.2. The minimum Gasteiger partial charge on any atom is -0.488 e. The highest BCUT2D eigenvalue weighted by atomic mass is 16.5. The number of hydrogen-bond acceptors (Lipinski definition) is 3. The molecule has 4 heteroatoms. The molecule has 0 aliphatic rings. The van der Waals surface area contributed by atoms with Crippen molar-refractivity contribution in [3.8, 4) is 5.75 Å². The number of benzene rings is 2. The summed E-state index contributed by atoms with van der Waals surface area (Å²) >= 11 is 0. The first-order valence-electron chi connectivity index (χ1n) is 7.55. The van der Waals surface area contributed by atoms with Crippen LogP contribution >= 0.6 is 0 Å². The van der Waals surface area contributed by atoms with Crippen LogP contribution < -0.4 is 4.74 Å². The third-order valence-electron chi connectivity index (χ3n) is 3.92. The molecule has 23 heavy (non-hydrogen) atoms. The summed E-state index contributed by atoms with van der Waals surface area (Å²) in [5.74, 6) is 0.542. The average Bonchev–Trinajstić information content (AvgIpc) is 3.04. The van der Waals surface area contributed by atoms with Crippen LogP contribution in [0.1, 0.15) is 18.5 Å². The Morgan fingerprint density at radius 2 is 1.87 bits per heavy atom. The van der Waals surface area contributed by atoms with Gasteiger partial charge in [0, 0.05) is 11.6 Å². The first-order valence-corrected chi connectivity index (χ1v) is 7.55. The van der Waals surface area contributed by atoms with E-state index in [4.69, 9.17) is 9.47 Å². The lowest BCUT2D eigenvalue weighted by Crippen LogP contribution is -2.16. The molecule has 0 saturated carbocycles. The predicted molar refractivity (Wildman–Crippen MR) is 89.4 cm³/mol. The van der Waals surface area contributed by atoms with Gasteiger partial charge in [-0.25, -0.2) is 4.79 Å². The van der Waals surface area contributed by atoms with Crippen LogP contribution in [0.5, 0.6) is 5.75 Å². The highest BCUT2D eigenvalue weighted by Gasteiger charge is 2.17. The van der Waals surface area contributed by atoms with Gasteiger partial charge in [-0.05, 0) is 30.7 Å². The second-order valence-electron chi connectivity index (χ2n) is 5.39. The van der Waals surface area contributed by atoms with E-state index < -0.39 is 0 Å². The van der Waals surface area contributed by atoms with Gasteiger partial charge in [0.2, 0.25) is 0 Å². The molecule has 0 aliphatic carbocycles. The van der Waals surface area contributed by atoms with Gasteiger partial charge in [-0.2, -0.15) is 0 Å². The number of nitrogens with zero attached hydrogens (tertiary/aromatic N) is 1. The van der Waals surface area contributed by atoms with Gasteiger partial charge in [0.25, 0.3) is 0 Å². The SMILES string of the molecule is COC(=O)C(C)n1ccc2c(OCc3ccccc3)cccc21. The third-order valence-corrected chi connectivity index (χ3v) is 3.92. The first-order chi connectivity index (χ1) is 11.2. The highest BCUT2D eigenvalue weighted by Crippen LogP contribution is 2.29. The van der Waals surface area contributed by atoms with Crippen molar-refractivity contribution in [2.24, 2.45) is 0 Å². The lowest BCUT2D eigenvalue weighted by Gasteiger charge is -2.13. The Hall–Kier alpha value is -2.75. The first kappa shape index (κ1) is 15.2. The van der Waals surface area contributed by atoms with Crippen LogP contribution in [0.2, 0.25) is 0 Å². The van der Waals surface area contributed by atoms with Crippen molar-refractivity contribution in [3.05, 3.63) is 66.4 Å². The summed E-state index contributed by atoms with van der Waals surface area (Å²) in [5.41, 5.74) is 2.07. The summed E-state index contributed by atoms with van der Waals surface area (Å²) in [6.45, 7) is 2.33. The lowest BCUT2D eigenvalue weighted by molar-refractivity contribution is -0.143. The molecule has 2 aromatic carbocycles. The van der Waals surface area contributed by atoms with Crippen LogP contribution in [-0.4, -0.2) is 17.6 Å². The van der Waals surface area contributed by atoms with E-state index >= 15 is 0 Å². The number of rotatable bonds is 5. The molecule has 0 radical (unpaired) electrons. The molecule has 0 spiro atoms. The lowest BCUT2D eigenvalue weighted by atomic mass is 10.2. The number of esters is 1. The van der Waals surface area contributed by atoms with Gasteiger partial charge in [-0.1, -0.05) is 36.4 Å². The maximum atomic E-state index is 11.8. The Bertz CT molecular complexity index is 808. The van der Waals surface area contributed by atoms with E-state index in [0.717, 1.165) is 22.2 Å². The molecule has 118 valence electrons. The number of methoxy groups -OCH3 is 1. The molecular weight excluding hydrogens is 290 g/mol. The topological polar surface area (TPSA) is 40.5 Å². The van der Waals surface area contributed by atoms with E-state index in [1.165, 1.54) is 7.11 Å². The van der Waals surface area contributed by atoms with Gasteiger partial charge in [0.1, 0.15) is 18.4 Å². The van der Waals surface area contributed by atoms with Gasteiger partial charge in [-0.15, -0.1) is 0 Å². The molecule has 3 aromatic rings. The Morgan fingerprint density at radius 1 is 1.09 bits per heavy atom. The highest BCUT2D eigenvalue weighted by molar-refractivity contribution is 5.88. The second-order valence-corrected chi connectivity index (χ2v) is 5.39. The number of hydrogen-bond donors (Lipinski definition) is 0. The van der Waals surface area contributed by atoms with Crippen molar-refractivity contribution in [2.75, 3.05) is 7.11 Å². The molecule has 1 heterocycles. The number of ether oxygens (including phenoxy) is 2. The van der Waals surface area contributed by atoms with Crippen LogP contribution in [0.15, 0.2) is 60.8 Å². The zero-order chi connectivity index (χ0) is 16.2. The minimum atomic E-state index is -0.373. The summed E-state index contributed by atoms with van der Waals surface area (Å²) < 4.78 is 12.7. The quantitative estimate of drug-likeness (QED) is 0.670. The normalized spacial score (nSPS) is 12.1. The molecule has 1 unspecified atom stereocenters. The van der Waals surface area contributed by atoms with Gasteiger partial charge in [-0.3, -0.25) is 0 Å². The number of carbonyl (C=O) groups excluding carboxylic acids is 1. The molecule has 3 rings (SSSR count). The van der Waals surface area contributed by atoms with Crippen LogP contribution in [-0.2, 0) is 16.1 Å². The maximum Gasteiger partial charge on any atom is 0.328 e. The molecule has 0 bridgehead atoms. The van der Waals surface area contributed by atoms with Crippen molar-refractivity contribution in [1.82, 2.24) is 4.57 Å². The molecule has 0 N–H and O–H groups in total. The Balaban J connectivity index is 1.88. The molecule has 4 nitrogen and oxygen atoms in total. The Kier molecular flexibility index (Phi) is 4.33. The number of carbonyl (C=O) groups is 1. The van der Waals surface area contributed by atoms with E-state index in [2.05, 4.69) is 0 Å². The molecule has 1 aromatic heterocycles. The van der Waals surface area contributed by atoms with Crippen LogP contribution in [0.3, 0.4) is 0 Å². The van der Waals surface area contributed by atoms with Crippen LogP contribution in [0, 0.1) is 0 Å². The molecule has 0 saturated heterocycles. The van der Waals surface area contributed by atoms with Gasteiger partial charge in [0.15, 0.2) is 0 Å². The van der Waals surface area contributed by atoms with Gasteiger partial charge in [0.05, 0.1) is 12.6 Å². The standard InChI is InChI=1S/C19H19NO3/c1-14(19(21)22-2)20-12-11-16-17(20)9-6-10-18(16)23-13-15-7-4-3-5-8-15/h3-12,14H,13H2,1-2H3. The molecule has 1 atom stereocenters. The fourth-order valence-corrected chi connectivity index (χ4v) is 2.64. The Labute approximate surface area is 135 Å². The monoisotopic (exact) mass is 309 g/mol. The van der Waals surface area contributed by atoms with Crippen molar-refractivity contribution in [1.29, 1.82) is 0 Å². The zero-order valence-corrected chi connectivity index (χ0v) is 13.2. The summed E-state index contributed by atoms with van der Waals surface area (Å²) in [5, 5.41) is 0.985. The van der Waals surface area contributed by atoms with E-state index in [-0.39, 0.29) is 12.0 Å². The summed E-state index contributed by atoms with van der Waals surface area (Å²) in [6, 6.07) is 17.5. The van der Waals surface area contributed by atoms with E-state index in [0.29, 0.717) is 6.61 Å². The smallest absolute Gasteiger partial charge is 0.328 e. The summed E-state index contributed by atoms with van der Waals surface area (Å²) in [6.07, 6.45) is 1.89. The van der Waals surface area contributed by atoms with E-state index in [9.17, 15) is 4.79 Å².